The second kappa shape index (κ2) is 6.98. The van der Waals surface area contributed by atoms with Crippen molar-refractivity contribution in [1.29, 1.82) is 0 Å². The molecule has 1 aliphatic rings. The Kier molecular flexibility index (Phi) is 5.28. The topological polar surface area (TPSA) is 47.7 Å². The summed E-state index contributed by atoms with van der Waals surface area (Å²) in [4.78, 5) is 0. The number of hydrogen-bond donors (Lipinski definition) is 1. The Bertz CT molecular complexity index is 568. The van der Waals surface area contributed by atoms with Gasteiger partial charge in [0.15, 0.2) is 0 Å². The zero-order chi connectivity index (χ0) is 13.9. The van der Waals surface area contributed by atoms with E-state index in [2.05, 4.69) is 39.4 Å². The Labute approximate surface area is 132 Å². The largest absolute Gasteiger partial charge is 0.366 e. The lowest BCUT2D eigenvalue weighted by molar-refractivity contribution is 0.466. The van der Waals surface area contributed by atoms with Crippen molar-refractivity contribution in [3.63, 3.8) is 0 Å². The van der Waals surface area contributed by atoms with E-state index in [1.807, 2.05) is 17.8 Å². The Morgan fingerprint density at radius 1 is 1.33 bits per heavy atom. The first kappa shape index (κ1) is 15.9. The first-order chi connectivity index (χ1) is 9.76. The molecule has 21 heavy (non-hydrogen) atoms. The van der Waals surface area contributed by atoms with Crippen LogP contribution in [-0.2, 0) is 13.1 Å². The standard InChI is InChI=1S/C15H23N5.ClH/c1-3-19-15(8-12(2)18-19)16-9-13-10-17-20(11-13)14-6-4-5-7-14;/h8,10-11,14,16H,3-7,9H2,1-2H3;1H. The highest BCUT2D eigenvalue weighted by Gasteiger charge is 2.17. The summed E-state index contributed by atoms with van der Waals surface area (Å²) in [6.07, 6.45) is 9.39. The van der Waals surface area contributed by atoms with Crippen LogP contribution in [0.15, 0.2) is 18.5 Å². The molecule has 116 valence electrons. The van der Waals surface area contributed by atoms with Gasteiger partial charge in [-0.05, 0) is 26.7 Å². The molecule has 0 radical (unpaired) electrons. The van der Waals surface area contributed by atoms with Crippen molar-refractivity contribution in [2.75, 3.05) is 5.32 Å². The number of hydrogen-bond acceptors (Lipinski definition) is 3. The van der Waals surface area contributed by atoms with Gasteiger partial charge in [-0.3, -0.25) is 4.68 Å². The number of nitrogens with zero attached hydrogens (tertiary/aromatic N) is 4. The van der Waals surface area contributed by atoms with Crippen molar-refractivity contribution in [3.8, 4) is 0 Å². The third kappa shape index (κ3) is 3.59. The first-order valence-corrected chi connectivity index (χ1v) is 7.57. The molecule has 0 spiro atoms. The summed E-state index contributed by atoms with van der Waals surface area (Å²) < 4.78 is 4.14. The van der Waals surface area contributed by atoms with E-state index in [1.165, 1.54) is 31.2 Å². The third-order valence-corrected chi connectivity index (χ3v) is 4.03. The van der Waals surface area contributed by atoms with Crippen LogP contribution in [0.25, 0.3) is 0 Å². The molecular weight excluding hydrogens is 286 g/mol. The Hall–Kier alpha value is -1.49. The van der Waals surface area contributed by atoms with Gasteiger partial charge in [-0.1, -0.05) is 12.8 Å². The maximum absolute atomic E-state index is 4.51. The maximum Gasteiger partial charge on any atom is 0.124 e. The molecule has 0 bridgehead atoms. The van der Waals surface area contributed by atoms with Gasteiger partial charge in [-0.25, -0.2) is 4.68 Å². The van der Waals surface area contributed by atoms with E-state index in [-0.39, 0.29) is 12.4 Å². The van der Waals surface area contributed by atoms with Crippen molar-refractivity contribution in [2.24, 2.45) is 0 Å². The lowest BCUT2D eigenvalue weighted by Gasteiger charge is -2.09. The minimum absolute atomic E-state index is 0. The van der Waals surface area contributed by atoms with Gasteiger partial charge in [0.2, 0.25) is 0 Å². The van der Waals surface area contributed by atoms with E-state index < -0.39 is 0 Å². The Morgan fingerprint density at radius 2 is 2.10 bits per heavy atom. The van der Waals surface area contributed by atoms with Crippen LogP contribution in [0.5, 0.6) is 0 Å². The highest BCUT2D eigenvalue weighted by Crippen LogP contribution is 2.28. The van der Waals surface area contributed by atoms with E-state index in [1.54, 1.807) is 0 Å². The minimum Gasteiger partial charge on any atom is -0.366 e. The van der Waals surface area contributed by atoms with Crippen LogP contribution in [0.1, 0.15) is 49.9 Å². The molecule has 0 saturated heterocycles. The second-order valence-corrected chi connectivity index (χ2v) is 5.61. The van der Waals surface area contributed by atoms with E-state index in [0.29, 0.717) is 6.04 Å². The molecule has 6 heteroatoms. The Morgan fingerprint density at radius 3 is 2.81 bits per heavy atom. The van der Waals surface area contributed by atoms with Crippen LogP contribution < -0.4 is 5.32 Å². The molecule has 1 aliphatic carbocycles. The van der Waals surface area contributed by atoms with Crippen LogP contribution in [0.2, 0.25) is 0 Å². The smallest absolute Gasteiger partial charge is 0.124 e. The summed E-state index contributed by atoms with van der Waals surface area (Å²) in [5, 5.41) is 12.4. The molecule has 2 aromatic rings. The summed E-state index contributed by atoms with van der Waals surface area (Å²) in [6, 6.07) is 2.71. The normalized spacial score (nSPS) is 15.1. The summed E-state index contributed by atoms with van der Waals surface area (Å²) in [5.74, 6) is 1.08. The van der Waals surface area contributed by atoms with Gasteiger partial charge in [-0.2, -0.15) is 10.2 Å². The van der Waals surface area contributed by atoms with E-state index in [4.69, 9.17) is 0 Å². The van der Waals surface area contributed by atoms with Gasteiger partial charge in [0.1, 0.15) is 5.82 Å². The number of aromatic nitrogens is 4. The summed E-state index contributed by atoms with van der Waals surface area (Å²) >= 11 is 0. The molecule has 0 amide bonds. The number of halogens is 1. The van der Waals surface area contributed by atoms with Gasteiger partial charge in [-0.15, -0.1) is 12.4 Å². The molecule has 1 N–H and O–H groups in total. The molecule has 0 aromatic carbocycles. The monoisotopic (exact) mass is 309 g/mol. The minimum atomic E-state index is 0. The molecule has 3 rings (SSSR count). The predicted molar refractivity (Wildman–Crippen MR) is 86.9 cm³/mol. The fraction of sp³-hybridized carbons (Fsp3) is 0.600. The molecule has 1 saturated carbocycles. The summed E-state index contributed by atoms with van der Waals surface area (Å²) in [6.45, 7) is 5.82. The molecule has 2 aromatic heterocycles. The van der Waals surface area contributed by atoms with Crippen molar-refractivity contribution < 1.29 is 0 Å². The predicted octanol–water partition coefficient (Wildman–Crippen LogP) is 3.56. The van der Waals surface area contributed by atoms with Crippen LogP contribution in [0.3, 0.4) is 0 Å². The number of anilines is 1. The average molecular weight is 310 g/mol. The highest BCUT2D eigenvalue weighted by atomic mass is 35.5. The summed E-state index contributed by atoms with van der Waals surface area (Å²) in [7, 11) is 0. The molecule has 5 nitrogen and oxygen atoms in total. The molecule has 2 heterocycles. The number of aryl methyl sites for hydroxylation is 2. The maximum atomic E-state index is 4.51. The third-order valence-electron chi connectivity index (χ3n) is 4.03. The van der Waals surface area contributed by atoms with Crippen molar-refractivity contribution in [3.05, 3.63) is 29.7 Å². The van der Waals surface area contributed by atoms with Crippen LogP contribution in [-0.4, -0.2) is 19.6 Å². The fourth-order valence-corrected chi connectivity index (χ4v) is 2.96. The average Bonchev–Trinajstić information content (AvgIpc) is 3.16. The molecule has 0 aliphatic heterocycles. The molecule has 1 fully saturated rings. The quantitative estimate of drug-likeness (QED) is 0.918. The zero-order valence-corrected chi connectivity index (χ0v) is 13.6. The lowest BCUT2D eigenvalue weighted by atomic mass is 10.2. The van der Waals surface area contributed by atoms with Crippen LogP contribution >= 0.6 is 12.4 Å². The molecule has 0 unspecified atom stereocenters. The van der Waals surface area contributed by atoms with Crippen LogP contribution in [0.4, 0.5) is 5.82 Å². The number of rotatable bonds is 5. The van der Waals surface area contributed by atoms with Gasteiger partial charge in [0.25, 0.3) is 0 Å². The molecular formula is C15H24ClN5. The fourth-order valence-electron chi connectivity index (χ4n) is 2.96. The van der Waals surface area contributed by atoms with Gasteiger partial charge >= 0.3 is 0 Å². The van der Waals surface area contributed by atoms with Crippen molar-refractivity contribution in [1.82, 2.24) is 19.6 Å². The SMILES string of the molecule is CCn1nc(C)cc1NCc1cnn(C2CCCC2)c1.Cl. The first-order valence-electron chi connectivity index (χ1n) is 7.57. The van der Waals surface area contributed by atoms with Gasteiger partial charge < -0.3 is 5.32 Å². The lowest BCUT2D eigenvalue weighted by Crippen LogP contribution is -2.07. The van der Waals surface area contributed by atoms with Crippen molar-refractivity contribution >= 4 is 18.2 Å². The van der Waals surface area contributed by atoms with Gasteiger partial charge in [0, 0.05) is 30.9 Å². The van der Waals surface area contributed by atoms with Crippen LogP contribution in [0, 0.1) is 6.92 Å². The van der Waals surface area contributed by atoms with E-state index in [9.17, 15) is 0 Å². The Balaban J connectivity index is 0.00000161. The van der Waals surface area contributed by atoms with Crippen molar-refractivity contribution in [2.45, 2.75) is 58.7 Å². The summed E-state index contributed by atoms with van der Waals surface area (Å²) in [5.41, 5.74) is 2.29. The highest BCUT2D eigenvalue weighted by molar-refractivity contribution is 5.85. The van der Waals surface area contributed by atoms with Gasteiger partial charge in [0.05, 0.1) is 17.9 Å². The number of nitrogens with one attached hydrogen (secondary N) is 1. The van der Waals surface area contributed by atoms with E-state index in [0.717, 1.165) is 24.6 Å². The second-order valence-electron chi connectivity index (χ2n) is 5.61. The van der Waals surface area contributed by atoms with E-state index >= 15 is 0 Å². The molecule has 0 atom stereocenters. The zero-order valence-electron chi connectivity index (χ0n) is 12.7.